The number of aromatic nitrogens is 2. The smallest absolute Gasteiger partial charge is 0.130 e. The number of nitrogens with zero attached hydrogens (tertiary/aromatic N) is 1. The maximum absolute atomic E-state index is 4.22. The van der Waals surface area contributed by atoms with Crippen LogP contribution in [-0.2, 0) is 0 Å². The summed E-state index contributed by atoms with van der Waals surface area (Å²) >= 11 is 3.26. The molecule has 0 aromatic carbocycles. The lowest BCUT2D eigenvalue weighted by Gasteiger charge is -1.96. The Kier molecular flexibility index (Phi) is 2.27. The molecule has 2 nitrogen and oxygen atoms in total. The normalized spacial score (nSPS) is 10.8. The maximum Gasteiger partial charge on any atom is 0.130 e. The standard InChI is InChI=1S/C8H6BrIN2/c1-10-6-4-12-8(9)7-5(6)2-3-11-7/h2-4,11H,1H2. The van der Waals surface area contributed by atoms with Crippen molar-refractivity contribution < 1.29 is 0 Å². The van der Waals surface area contributed by atoms with Gasteiger partial charge in [0.15, 0.2) is 0 Å². The van der Waals surface area contributed by atoms with Crippen LogP contribution in [0.15, 0.2) is 23.1 Å². The quantitative estimate of drug-likeness (QED) is 0.629. The fourth-order valence-corrected chi connectivity index (χ4v) is 2.72. The van der Waals surface area contributed by atoms with Crippen molar-refractivity contribution >= 4 is 52.1 Å². The van der Waals surface area contributed by atoms with Crippen molar-refractivity contribution in [2.24, 2.45) is 0 Å². The molecule has 0 aliphatic rings. The predicted molar refractivity (Wildman–Crippen MR) is 63.6 cm³/mol. The van der Waals surface area contributed by atoms with Crippen LogP contribution in [0, 0.1) is 3.57 Å². The molecule has 62 valence electrons. The van der Waals surface area contributed by atoms with Gasteiger partial charge in [-0.3, -0.25) is 0 Å². The molecule has 0 aliphatic carbocycles. The van der Waals surface area contributed by atoms with E-state index in [-0.39, 0.29) is 20.7 Å². The van der Waals surface area contributed by atoms with Gasteiger partial charge in [0, 0.05) is 21.4 Å². The van der Waals surface area contributed by atoms with Crippen LogP contribution in [-0.4, -0.2) is 14.5 Å². The van der Waals surface area contributed by atoms with Crippen molar-refractivity contribution in [3.63, 3.8) is 0 Å². The number of halogens is 2. The Morgan fingerprint density at radius 2 is 2.42 bits per heavy atom. The van der Waals surface area contributed by atoms with Crippen molar-refractivity contribution in [3.8, 4) is 0 Å². The van der Waals surface area contributed by atoms with Gasteiger partial charge in [-0.2, -0.15) is 0 Å². The van der Waals surface area contributed by atoms with Crippen LogP contribution < -0.4 is 0 Å². The Hall–Kier alpha value is -0.230. The number of H-pyrrole nitrogens is 1. The van der Waals surface area contributed by atoms with Crippen LogP contribution in [0.3, 0.4) is 0 Å². The average Bonchev–Trinajstić information content (AvgIpc) is 2.54. The van der Waals surface area contributed by atoms with Gasteiger partial charge in [0.2, 0.25) is 0 Å². The second-order valence-corrected chi connectivity index (χ2v) is 4.97. The third-order valence-corrected chi connectivity index (χ3v) is 3.93. The zero-order valence-corrected chi connectivity index (χ0v) is 9.89. The van der Waals surface area contributed by atoms with Gasteiger partial charge in [-0.05, 0) is 22.0 Å². The van der Waals surface area contributed by atoms with E-state index in [0.29, 0.717) is 0 Å². The highest BCUT2D eigenvalue weighted by Crippen LogP contribution is 2.25. The summed E-state index contributed by atoms with van der Waals surface area (Å²) in [5, 5.41) is 1.25. The fourth-order valence-electron chi connectivity index (χ4n) is 1.09. The number of fused-ring (bicyclic) bond motifs is 1. The Morgan fingerprint density at radius 3 is 3.17 bits per heavy atom. The minimum Gasteiger partial charge on any atom is -0.359 e. The summed E-state index contributed by atoms with van der Waals surface area (Å²) < 4.78 is 6.12. The van der Waals surface area contributed by atoms with Crippen LogP contribution >= 0.6 is 36.7 Å². The molecule has 2 aromatic rings. The molecule has 2 heterocycles. The Labute approximate surface area is 88.3 Å². The molecule has 0 unspecified atom stereocenters. The van der Waals surface area contributed by atoms with E-state index in [0.717, 1.165) is 10.1 Å². The first-order valence-corrected chi connectivity index (χ1v) is 6.72. The van der Waals surface area contributed by atoms with Gasteiger partial charge >= 0.3 is 0 Å². The molecule has 0 amide bonds. The summed E-state index contributed by atoms with van der Waals surface area (Å²) in [7, 11) is 0. The summed E-state index contributed by atoms with van der Waals surface area (Å²) in [5.41, 5.74) is 1.08. The highest BCUT2D eigenvalue weighted by molar-refractivity contribution is 14.2. The molecule has 12 heavy (non-hydrogen) atoms. The third-order valence-electron chi connectivity index (χ3n) is 1.65. The van der Waals surface area contributed by atoms with E-state index in [1.54, 1.807) is 0 Å². The van der Waals surface area contributed by atoms with Gasteiger partial charge in [-0.25, -0.2) is 4.98 Å². The van der Waals surface area contributed by atoms with Gasteiger partial charge in [0.05, 0.1) is 5.52 Å². The van der Waals surface area contributed by atoms with Gasteiger partial charge in [0.1, 0.15) is 4.60 Å². The van der Waals surface area contributed by atoms with Crippen molar-refractivity contribution in [1.29, 1.82) is 0 Å². The Balaban J connectivity index is 2.91. The average molecular weight is 337 g/mol. The highest BCUT2D eigenvalue weighted by Gasteiger charge is 2.03. The van der Waals surface area contributed by atoms with E-state index in [1.807, 2.05) is 12.4 Å². The van der Waals surface area contributed by atoms with Crippen molar-refractivity contribution in [2.75, 3.05) is 0 Å². The lowest BCUT2D eigenvalue weighted by atomic mass is 10.3. The Morgan fingerprint density at radius 1 is 1.58 bits per heavy atom. The molecule has 0 saturated carbocycles. The van der Waals surface area contributed by atoms with Crippen LogP contribution in [0.4, 0.5) is 0 Å². The summed E-state index contributed by atoms with van der Waals surface area (Å²) in [6, 6.07) is 2.07. The first kappa shape index (κ1) is 8.37. The van der Waals surface area contributed by atoms with Gasteiger partial charge in [-0.1, -0.05) is 25.2 Å². The summed E-state index contributed by atoms with van der Waals surface area (Å²) in [6.07, 6.45) is 3.83. The highest BCUT2D eigenvalue weighted by atomic mass is 127. The summed E-state index contributed by atoms with van der Waals surface area (Å²) in [4.78, 5) is 7.37. The van der Waals surface area contributed by atoms with Crippen molar-refractivity contribution in [1.82, 2.24) is 9.97 Å². The largest absolute Gasteiger partial charge is 0.359 e. The van der Waals surface area contributed by atoms with Crippen LogP contribution in [0.2, 0.25) is 0 Å². The van der Waals surface area contributed by atoms with Gasteiger partial charge < -0.3 is 4.98 Å². The number of pyridine rings is 1. The molecule has 0 saturated heterocycles. The van der Waals surface area contributed by atoms with Gasteiger partial charge in [0.25, 0.3) is 0 Å². The summed E-state index contributed by atoms with van der Waals surface area (Å²) in [6.45, 7) is 0. The topological polar surface area (TPSA) is 28.7 Å². The van der Waals surface area contributed by atoms with E-state index in [1.165, 1.54) is 8.96 Å². The van der Waals surface area contributed by atoms with Crippen molar-refractivity contribution in [2.45, 2.75) is 0 Å². The molecule has 4 heteroatoms. The van der Waals surface area contributed by atoms with Crippen LogP contribution in [0.5, 0.6) is 0 Å². The number of rotatable bonds is 1. The monoisotopic (exact) mass is 336 g/mol. The Bertz CT molecular complexity index is 436. The molecular formula is C8H6BrIN2. The van der Waals surface area contributed by atoms with E-state index in [4.69, 9.17) is 0 Å². The number of hydrogen-bond acceptors (Lipinski definition) is 1. The van der Waals surface area contributed by atoms with Crippen LogP contribution in [0.1, 0.15) is 0 Å². The van der Waals surface area contributed by atoms with E-state index < -0.39 is 0 Å². The van der Waals surface area contributed by atoms with E-state index in [9.17, 15) is 0 Å². The molecule has 1 N–H and O–H groups in total. The van der Waals surface area contributed by atoms with Crippen LogP contribution in [0.25, 0.3) is 10.9 Å². The minimum atomic E-state index is -0.133. The second-order valence-electron chi connectivity index (χ2n) is 2.30. The van der Waals surface area contributed by atoms with E-state index in [2.05, 4.69) is 36.5 Å². The minimum absolute atomic E-state index is 0.133. The molecule has 0 spiro atoms. The maximum atomic E-state index is 4.22. The number of hydrogen-bond donors (Lipinski definition) is 1. The van der Waals surface area contributed by atoms with E-state index >= 15 is 0 Å². The summed E-state index contributed by atoms with van der Waals surface area (Å²) in [5.74, 6) is 0. The molecular weight excluding hydrogens is 331 g/mol. The lowest BCUT2D eigenvalue weighted by Crippen LogP contribution is -1.81. The molecule has 0 aliphatic heterocycles. The fraction of sp³-hybridized carbons (Fsp3) is 0. The molecule has 0 bridgehead atoms. The SMILES string of the molecule is C=Ic1cnc(Br)c2[nH]ccc12. The van der Waals surface area contributed by atoms with Crippen molar-refractivity contribution in [3.05, 3.63) is 26.6 Å². The molecule has 2 aromatic heterocycles. The third kappa shape index (κ3) is 1.22. The van der Waals surface area contributed by atoms with Gasteiger partial charge in [-0.15, -0.1) is 0 Å². The molecule has 0 radical (unpaired) electrons. The zero-order chi connectivity index (χ0) is 8.55. The first-order chi connectivity index (χ1) is 5.83. The molecule has 0 atom stereocenters. The molecule has 0 fully saturated rings. The number of nitrogens with one attached hydrogen (secondary N) is 1. The first-order valence-electron chi connectivity index (χ1n) is 3.33. The number of aromatic amines is 1. The predicted octanol–water partition coefficient (Wildman–Crippen LogP) is 2.90. The second kappa shape index (κ2) is 3.26. The zero-order valence-electron chi connectivity index (χ0n) is 6.14. The lowest BCUT2D eigenvalue weighted by molar-refractivity contribution is 1.28. The molecule has 2 rings (SSSR count).